The second-order valence-corrected chi connectivity index (χ2v) is 9.88. The molecule has 1 saturated carbocycles. The Morgan fingerprint density at radius 2 is 1.97 bits per heavy atom. The van der Waals surface area contributed by atoms with Crippen molar-refractivity contribution in [2.75, 3.05) is 26.2 Å². The highest BCUT2D eigenvalue weighted by Gasteiger charge is 2.57. The Morgan fingerprint density at radius 1 is 1.19 bits per heavy atom. The number of hydrogen-bond donors (Lipinski definition) is 1. The zero-order valence-corrected chi connectivity index (χ0v) is 18.7. The lowest BCUT2D eigenvalue weighted by Crippen LogP contribution is -2.61. The van der Waals surface area contributed by atoms with Crippen LogP contribution in [0.25, 0.3) is 0 Å². The predicted molar refractivity (Wildman–Crippen MR) is 119 cm³/mol. The van der Waals surface area contributed by atoms with Gasteiger partial charge in [0.25, 0.3) is 5.91 Å². The Kier molecular flexibility index (Phi) is 4.47. The fourth-order valence-corrected chi connectivity index (χ4v) is 5.38. The van der Waals surface area contributed by atoms with E-state index in [0.717, 1.165) is 50.1 Å². The molecule has 0 bridgehead atoms. The number of carbonyl (C=O) groups excluding carboxylic acids is 1. The first-order valence-electron chi connectivity index (χ1n) is 11.5. The van der Waals surface area contributed by atoms with Gasteiger partial charge in [-0.15, -0.1) is 0 Å². The molecule has 32 heavy (non-hydrogen) atoms. The second-order valence-electron chi connectivity index (χ2n) is 9.88. The van der Waals surface area contributed by atoms with Crippen LogP contribution in [0.15, 0.2) is 36.4 Å². The predicted octanol–water partition coefficient (Wildman–Crippen LogP) is 2.47. The van der Waals surface area contributed by atoms with Crippen molar-refractivity contribution in [1.82, 2.24) is 34.8 Å². The molecule has 3 aliphatic rings. The zero-order valence-electron chi connectivity index (χ0n) is 18.7. The third kappa shape index (κ3) is 3.33. The molecule has 2 aromatic heterocycles. The Labute approximate surface area is 187 Å². The van der Waals surface area contributed by atoms with Crippen LogP contribution in [0.5, 0.6) is 0 Å². The summed E-state index contributed by atoms with van der Waals surface area (Å²) in [5.41, 5.74) is 2.85. The maximum atomic E-state index is 13.1. The molecule has 1 amide bonds. The van der Waals surface area contributed by atoms with Crippen LogP contribution in [0, 0.1) is 12.3 Å². The van der Waals surface area contributed by atoms with Gasteiger partial charge in [-0.25, -0.2) is 4.98 Å². The number of likely N-dealkylation sites (tertiary alicyclic amines) is 2. The molecular weight excluding hydrogens is 402 g/mol. The summed E-state index contributed by atoms with van der Waals surface area (Å²) in [6.07, 6.45) is 2.39. The van der Waals surface area contributed by atoms with E-state index < -0.39 is 0 Å². The summed E-state index contributed by atoms with van der Waals surface area (Å²) in [5, 5.41) is 12.2. The van der Waals surface area contributed by atoms with Gasteiger partial charge >= 0.3 is 0 Å². The van der Waals surface area contributed by atoms with Gasteiger partial charge in [0.15, 0.2) is 11.5 Å². The van der Waals surface area contributed by atoms with Gasteiger partial charge in [-0.05, 0) is 31.4 Å². The van der Waals surface area contributed by atoms with E-state index in [1.165, 1.54) is 18.4 Å². The van der Waals surface area contributed by atoms with Crippen LogP contribution < -0.4 is 0 Å². The molecule has 2 aliphatic heterocycles. The van der Waals surface area contributed by atoms with Gasteiger partial charge in [0, 0.05) is 62.7 Å². The molecule has 1 atom stereocenters. The number of hydrogen-bond acceptors (Lipinski definition) is 5. The summed E-state index contributed by atoms with van der Waals surface area (Å²) in [5.74, 6) is 2.76. The molecule has 166 valence electrons. The van der Waals surface area contributed by atoms with E-state index in [4.69, 9.17) is 4.98 Å². The molecule has 3 fully saturated rings. The van der Waals surface area contributed by atoms with Gasteiger partial charge in [0.1, 0.15) is 5.82 Å². The van der Waals surface area contributed by atoms with E-state index in [-0.39, 0.29) is 17.2 Å². The van der Waals surface area contributed by atoms with E-state index in [0.29, 0.717) is 11.6 Å². The molecule has 1 aliphatic carbocycles. The smallest absolute Gasteiger partial charge is 0.274 e. The summed E-state index contributed by atoms with van der Waals surface area (Å²) in [6, 6.07) is 12.5. The quantitative estimate of drug-likeness (QED) is 0.671. The van der Waals surface area contributed by atoms with Crippen molar-refractivity contribution < 1.29 is 4.79 Å². The fraction of sp³-hybridized carbons (Fsp3) is 0.500. The molecule has 2 saturated heterocycles. The number of benzene rings is 1. The molecule has 6 rings (SSSR count). The van der Waals surface area contributed by atoms with Crippen molar-refractivity contribution in [1.29, 1.82) is 0 Å². The fourth-order valence-electron chi connectivity index (χ4n) is 5.38. The monoisotopic (exact) mass is 431 g/mol. The molecule has 4 heterocycles. The number of carbonyl (C=O) groups is 1. The molecular formula is C24H29N7O. The Balaban J connectivity index is 1.23. The third-order valence-corrected chi connectivity index (χ3v) is 7.39. The number of aryl methyl sites for hydroxylation is 2. The van der Waals surface area contributed by atoms with E-state index in [2.05, 4.69) is 50.5 Å². The maximum Gasteiger partial charge on any atom is 0.274 e. The topological polar surface area (TPSA) is 82.9 Å². The van der Waals surface area contributed by atoms with E-state index >= 15 is 0 Å². The van der Waals surface area contributed by atoms with Crippen LogP contribution in [0.4, 0.5) is 0 Å². The van der Waals surface area contributed by atoms with Crippen LogP contribution in [0.1, 0.15) is 58.1 Å². The number of H-pyrrole nitrogens is 1. The molecule has 1 spiro atoms. The van der Waals surface area contributed by atoms with Crippen LogP contribution in [-0.2, 0) is 13.6 Å². The summed E-state index contributed by atoms with van der Waals surface area (Å²) in [4.78, 5) is 22.4. The van der Waals surface area contributed by atoms with Gasteiger partial charge in [-0.2, -0.15) is 10.2 Å². The molecule has 1 unspecified atom stereocenters. The van der Waals surface area contributed by atoms with E-state index in [1.807, 2.05) is 24.9 Å². The summed E-state index contributed by atoms with van der Waals surface area (Å²) < 4.78 is 1.76. The SMILES string of the molecule is Cc1cc(C(=O)N2CC3(CN(Cc4ccccc4)CC3c3nc(C4CC4)n[nH]3)C2)nn1C. The average molecular weight is 432 g/mol. The normalized spacial score (nSPS) is 22.4. The number of nitrogens with one attached hydrogen (secondary N) is 1. The summed E-state index contributed by atoms with van der Waals surface area (Å²) in [7, 11) is 1.87. The minimum absolute atomic E-state index is 0.00855. The van der Waals surface area contributed by atoms with Crippen molar-refractivity contribution in [2.45, 2.75) is 38.1 Å². The minimum atomic E-state index is 0.00855. The van der Waals surface area contributed by atoms with E-state index in [9.17, 15) is 4.79 Å². The van der Waals surface area contributed by atoms with Crippen molar-refractivity contribution in [3.05, 3.63) is 65.0 Å². The molecule has 8 nitrogen and oxygen atoms in total. The van der Waals surface area contributed by atoms with Crippen LogP contribution in [0.3, 0.4) is 0 Å². The lowest BCUT2D eigenvalue weighted by molar-refractivity contribution is 0.00131. The number of amides is 1. The van der Waals surface area contributed by atoms with Crippen molar-refractivity contribution in [2.24, 2.45) is 12.5 Å². The van der Waals surface area contributed by atoms with Crippen LogP contribution in [0.2, 0.25) is 0 Å². The maximum absolute atomic E-state index is 13.1. The first-order chi connectivity index (χ1) is 15.5. The second kappa shape index (κ2) is 7.27. The molecule has 1 aromatic carbocycles. The average Bonchev–Trinajstić information content (AvgIpc) is 3.22. The highest BCUT2D eigenvalue weighted by Crippen LogP contribution is 2.49. The molecule has 1 N–H and O–H groups in total. The summed E-state index contributed by atoms with van der Waals surface area (Å²) >= 11 is 0. The van der Waals surface area contributed by atoms with Gasteiger partial charge in [-0.1, -0.05) is 30.3 Å². The van der Waals surface area contributed by atoms with Gasteiger partial charge in [0.2, 0.25) is 0 Å². The Hall–Kier alpha value is -3.00. The van der Waals surface area contributed by atoms with Gasteiger partial charge < -0.3 is 4.90 Å². The minimum Gasteiger partial charge on any atom is -0.336 e. The van der Waals surface area contributed by atoms with Gasteiger partial charge in [0.05, 0.1) is 0 Å². The first-order valence-corrected chi connectivity index (χ1v) is 11.5. The highest BCUT2D eigenvalue weighted by atomic mass is 16.2. The molecule has 3 aromatic rings. The number of aromatic nitrogens is 5. The van der Waals surface area contributed by atoms with Crippen molar-refractivity contribution in [3.63, 3.8) is 0 Å². The standard InChI is InChI=1S/C24H29N7O/c1-16-10-20(28-29(16)2)23(32)31-14-24(15-31)13-30(11-17-6-4-3-5-7-17)12-19(24)22-25-21(26-27-22)18-8-9-18/h3-7,10,18-19H,8-9,11-15H2,1-2H3,(H,25,26,27). The zero-order chi connectivity index (χ0) is 21.9. The van der Waals surface area contributed by atoms with Crippen molar-refractivity contribution >= 4 is 5.91 Å². The van der Waals surface area contributed by atoms with Crippen LogP contribution >= 0.6 is 0 Å². The first kappa shape index (κ1) is 19.7. The van der Waals surface area contributed by atoms with E-state index in [1.54, 1.807) is 4.68 Å². The lowest BCUT2D eigenvalue weighted by Gasteiger charge is -2.50. The molecule has 8 heteroatoms. The Bertz CT molecular complexity index is 1120. The molecule has 0 radical (unpaired) electrons. The third-order valence-electron chi connectivity index (χ3n) is 7.39. The Morgan fingerprint density at radius 3 is 2.66 bits per heavy atom. The largest absolute Gasteiger partial charge is 0.336 e. The summed E-state index contributed by atoms with van der Waals surface area (Å²) in [6.45, 7) is 6.23. The number of rotatable bonds is 5. The highest BCUT2D eigenvalue weighted by molar-refractivity contribution is 5.93. The number of aromatic amines is 1. The number of nitrogens with zero attached hydrogens (tertiary/aromatic N) is 6. The van der Waals surface area contributed by atoms with Crippen LogP contribution in [-0.4, -0.2) is 66.8 Å². The van der Waals surface area contributed by atoms with Crippen molar-refractivity contribution in [3.8, 4) is 0 Å². The lowest BCUT2D eigenvalue weighted by atomic mass is 9.71. The van der Waals surface area contributed by atoms with Gasteiger partial charge in [-0.3, -0.25) is 19.5 Å².